The predicted molar refractivity (Wildman–Crippen MR) is 112 cm³/mol. The Labute approximate surface area is 176 Å². The molecule has 0 aliphatic heterocycles. The maximum absolute atomic E-state index is 12.9. The van der Waals surface area contributed by atoms with Gasteiger partial charge in [0, 0.05) is 24.2 Å². The molecule has 7 heteroatoms. The number of esters is 1. The SMILES string of the molecule is CCN(CC)C(=O)[C@H](OC(=O)COc1ccc(C(C)=O)cc1OC)c1ccccc1. The van der Waals surface area contributed by atoms with Crippen LogP contribution in [0, 0.1) is 0 Å². The van der Waals surface area contributed by atoms with Crippen LogP contribution in [0.25, 0.3) is 0 Å². The lowest BCUT2D eigenvalue weighted by Crippen LogP contribution is -2.37. The van der Waals surface area contributed by atoms with Crippen molar-refractivity contribution in [2.75, 3.05) is 26.8 Å². The molecule has 0 radical (unpaired) electrons. The van der Waals surface area contributed by atoms with E-state index >= 15 is 0 Å². The number of likely N-dealkylation sites (N-methyl/N-ethyl adjacent to an activating group) is 1. The lowest BCUT2D eigenvalue weighted by atomic mass is 10.1. The highest BCUT2D eigenvalue weighted by Crippen LogP contribution is 2.28. The highest BCUT2D eigenvalue weighted by Gasteiger charge is 2.28. The molecule has 0 fully saturated rings. The average molecular weight is 413 g/mol. The summed E-state index contributed by atoms with van der Waals surface area (Å²) in [4.78, 5) is 38.5. The summed E-state index contributed by atoms with van der Waals surface area (Å²) < 4.78 is 16.2. The van der Waals surface area contributed by atoms with Crippen LogP contribution in [0.4, 0.5) is 0 Å². The summed E-state index contributed by atoms with van der Waals surface area (Å²) >= 11 is 0. The van der Waals surface area contributed by atoms with Crippen molar-refractivity contribution in [3.05, 3.63) is 59.7 Å². The number of benzene rings is 2. The van der Waals surface area contributed by atoms with E-state index in [-0.39, 0.29) is 11.7 Å². The summed E-state index contributed by atoms with van der Waals surface area (Å²) in [6, 6.07) is 13.5. The molecule has 0 spiro atoms. The van der Waals surface area contributed by atoms with Crippen molar-refractivity contribution in [1.29, 1.82) is 0 Å². The summed E-state index contributed by atoms with van der Waals surface area (Å²) in [5.74, 6) is -0.468. The van der Waals surface area contributed by atoms with Crippen LogP contribution in [-0.4, -0.2) is 49.4 Å². The average Bonchev–Trinajstić information content (AvgIpc) is 2.77. The standard InChI is InChI=1S/C23H27NO6/c1-5-24(6-2)23(27)22(17-10-8-7-9-11-17)30-21(26)15-29-19-13-12-18(16(3)25)14-20(19)28-4/h7-14,22H,5-6,15H2,1-4H3/t22-/m1/s1. The third-order valence-corrected chi connectivity index (χ3v) is 4.57. The molecule has 0 saturated heterocycles. The van der Waals surface area contributed by atoms with Crippen LogP contribution in [0.5, 0.6) is 11.5 Å². The van der Waals surface area contributed by atoms with Crippen molar-refractivity contribution in [3.8, 4) is 11.5 Å². The smallest absolute Gasteiger partial charge is 0.345 e. The van der Waals surface area contributed by atoms with Gasteiger partial charge in [0.1, 0.15) is 0 Å². The number of carbonyl (C=O) groups excluding carboxylic acids is 3. The Morgan fingerprint density at radius 2 is 1.63 bits per heavy atom. The molecular formula is C23H27NO6. The second kappa shape index (κ2) is 11.0. The molecule has 30 heavy (non-hydrogen) atoms. The molecule has 0 saturated carbocycles. The molecule has 2 aromatic rings. The van der Waals surface area contributed by atoms with Crippen LogP contribution in [0.3, 0.4) is 0 Å². The first kappa shape index (κ1) is 22.9. The summed E-state index contributed by atoms with van der Waals surface area (Å²) in [5, 5.41) is 0. The molecule has 1 amide bonds. The molecule has 160 valence electrons. The molecule has 0 aliphatic rings. The Balaban J connectivity index is 2.13. The second-order valence-electron chi connectivity index (χ2n) is 6.50. The van der Waals surface area contributed by atoms with Crippen LogP contribution in [-0.2, 0) is 14.3 Å². The van der Waals surface area contributed by atoms with E-state index in [2.05, 4.69) is 0 Å². The third-order valence-electron chi connectivity index (χ3n) is 4.57. The number of hydrogen-bond acceptors (Lipinski definition) is 6. The number of ether oxygens (including phenoxy) is 3. The number of amides is 1. The predicted octanol–water partition coefficient (Wildman–Crippen LogP) is 3.43. The summed E-state index contributed by atoms with van der Waals surface area (Å²) in [5.41, 5.74) is 1.06. The first-order valence-corrected chi connectivity index (χ1v) is 9.76. The zero-order valence-corrected chi connectivity index (χ0v) is 17.7. The van der Waals surface area contributed by atoms with Gasteiger partial charge in [-0.15, -0.1) is 0 Å². The molecule has 0 N–H and O–H groups in total. The van der Waals surface area contributed by atoms with Crippen molar-refractivity contribution >= 4 is 17.7 Å². The Kier molecular flexibility index (Phi) is 8.41. The molecule has 2 rings (SSSR count). The topological polar surface area (TPSA) is 82.1 Å². The summed E-state index contributed by atoms with van der Waals surface area (Å²) in [7, 11) is 1.44. The van der Waals surface area contributed by atoms with Gasteiger partial charge in [0.2, 0.25) is 6.10 Å². The summed E-state index contributed by atoms with van der Waals surface area (Å²) in [6.07, 6.45) is -1.05. The van der Waals surface area contributed by atoms with Gasteiger partial charge in [-0.05, 0) is 39.0 Å². The van der Waals surface area contributed by atoms with Crippen molar-refractivity contribution < 1.29 is 28.6 Å². The number of nitrogens with zero attached hydrogens (tertiary/aromatic N) is 1. The number of carbonyl (C=O) groups is 3. The van der Waals surface area contributed by atoms with E-state index in [4.69, 9.17) is 14.2 Å². The Bertz CT molecular complexity index is 877. The van der Waals surface area contributed by atoms with Gasteiger partial charge in [0.25, 0.3) is 5.91 Å². The van der Waals surface area contributed by atoms with Crippen molar-refractivity contribution in [2.45, 2.75) is 26.9 Å². The van der Waals surface area contributed by atoms with Crippen LogP contribution in [0.2, 0.25) is 0 Å². The molecular weight excluding hydrogens is 386 g/mol. The first-order chi connectivity index (χ1) is 14.4. The molecule has 0 unspecified atom stereocenters. The quantitative estimate of drug-likeness (QED) is 0.438. The Hall–Kier alpha value is -3.35. The minimum atomic E-state index is -1.05. The molecule has 0 heterocycles. The number of rotatable bonds is 10. The maximum atomic E-state index is 12.9. The van der Waals surface area contributed by atoms with Crippen LogP contribution < -0.4 is 9.47 Å². The van der Waals surface area contributed by atoms with Gasteiger partial charge < -0.3 is 19.1 Å². The van der Waals surface area contributed by atoms with Gasteiger partial charge in [0.15, 0.2) is 23.9 Å². The van der Waals surface area contributed by atoms with E-state index in [1.54, 1.807) is 47.4 Å². The molecule has 1 atom stereocenters. The lowest BCUT2D eigenvalue weighted by molar-refractivity contribution is -0.162. The third kappa shape index (κ3) is 5.83. The number of hydrogen-bond donors (Lipinski definition) is 0. The Morgan fingerprint density at radius 1 is 0.967 bits per heavy atom. The van der Waals surface area contributed by atoms with Crippen molar-refractivity contribution in [1.82, 2.24) is 4.90 Å². The number of ketones is 1. The zero-order chi connectivity index (χ0) is 22.1. The number of methoxy groups -OCH3 is 1. The van der Waals surface area contributed by atoms with Gasteiger partial charge in [0.05, 0.1) is 7.11 Å². The highest BCUT2D eigenvalue weighted by molar-refractivity contribution is 5.94. The van der Waals surface area contributed by atoms with Crippen LogP contribution in [0.1, 0.15) is 42.8 Å². The van der Waals surface area contributed by atoms with Crippen molar-refractivity contribution in [2.24, 2.45) is 0 Å². The fourth-order valence-corrected chi connectivity index (χ4v) is 2.90. The molecule has 7 nitrogen and oxygen atoms in total. The van der Waals surface area contributed by atoms with Crippen LogP contribution in [0.15, 0.2) is 48.5 Å². The fraction of sp³-hybridized carbons (Fsp3) is 0.348. The second-order valence-corrected chi connectivity index (χ2v) is 6.50. The molecule has 0 bridgehead atoms. The normalized spacial score (nSPS) is 11.3. The van der Waals surface area contributed by atoms with E-state index in [1.165, 1.54) is 14.0 Å². The van der Waals surface area contributed by atoms with Crippen LogP contribution >= 0.6 is 0 Å². The van der Waals surface area contributed by atoms with Gasteiger partial charge in [-0.3, -0.25) is 9.59 Å². The van der Waals surface area contributed by atoms with Gasteiger partial charge in [-0.25, -0.2) is 4.79 Å². The van der Waals surface area contributed by atoms with Crippen molar-refractivity contribution in [3.63, 3.8) is 0 Å². The van der Waals surface area contributed by atoms with Gasteiger partial charge in [-0.2, -0.15) is 0 Å². The monoisotopic (exact) mass is 413 g/mol. The van der Waals surface area contributed by atoms with E-state index < -0.39 is 18.7 Å². The minimum Gasteiger partial charge on any atom is -0.493 e. The van der Waals surface area contributed by atoms with E-state index in [0.717, 1.165) is 0 Å². The van der Waals surface area contributed by atoms with Gasteiger partial charge >= 0.3 is 5.97 Å². The van der Waals surface area contributed by atoms with E-state index in [9.17, 15) is 14.4 Å². The minimum absolute atomic E-state index is 0.111. The van der Waals surface area contributed by atoms with E-state index in [0.29, 0.717) is 35.7 Å². The van der Waals surface area contributed by atoms with E-state index in [1.807, 2.05) is 19.9 Å². The summed E-state index contributed by atoms with van der Waals surface area (Å²) in [6.45, 7) is 5.78. The fourth-order valence-electron chi connectivity index (χ4n) is 2.90. The highest BCUT2D eigenvalue weighted by atomic mass is 16.6. The zero-order valence-electron chi connectivity index (χ0n) is 17.7. The number of Topliss-reactive ketones (excluding diaryl/α,β-unsaturated/α-hetero) is 1. The molecule has 2 aromatic carbocycles. The first-order valence-electron chi connectivity index (χ1n) is 9.76. The molecule has 0 aliphatic carbocycles. The molecule has 0 aromatic heterocycles. The Morgan fingerprint density at radius 3 is 2.20 bits per heavy atom. The lowest BCUT2D eigenvalue weighted by Gasteiger charge is -2.25. The van der Waals surface area contributed by atoms with Gasteiger partial charge in [-0.1, -0.05) is 30.3 Å². The maximum Gasteiger partial charge on any atom is 0.345 e. The largest absolute Gasteiger partial charge is 0.493 e.